The van der Waals surface area contributed by atoms with Crippen LogP contribution < -0.4 is 5.73 Å². The van der Waals surface area contributed by atoms with Crippen LogP contribution in [0.15, 0.2) is 46.9 Å². The number of fused-ring (bicyclic) bond motifs is 1. The van der Waals surface area contributed by atoms with Crippen molar-refractivity contribution in [2.45, 2.75) is 19.6 Å². The lowest BCUT2D eigenvalue weighted by Gasteiger charge is -2.15. The topological polar surface area (TPSA) is 29.3 Å². The second-order valence-electron chi connectivity index (χ2n) is 4.77. The summed E-state index contributed by atoms with van der Waals surface area (Å²) in [5, 5.41) is 0. The van der Waals surface area contributed by atoms with Gasteiger partial charge in [-0.25, -0.2) is 0 Å². The molecule has 2 aromatic carbocycles. The van der Waals surface area contributed by atoms with Gasteiger partial charge in [-0.3, -0.25) is 4.90 Å². The highest BCUT2D eigenvalue weighted by atomic mass is 79.9. The predicted octanol–water partition coefficient (Wildman–Crippen LogP) is 3.55. The lowest BCUT2D eigenvalue weighted by atomic mass is 10.1. The second-order valence-corrected chi connectivity index (χ2v) is 5.62. The Morgan fingerprint density at radius 2 is 1.72 bits per heavy atom. The van der Waals surface area contributed by atoms with Crippen LogP contribution in [0.3, 0.4) is 0 Å². The van der Waals surface area contributed by atoms with E-state index in [9.17, 15) is 0 Å². The van der Waals surface area contributed by atoms with Crippen LogP contribution in [-0.2, 0) is 19.6 Å². The van der Waals surface area contributed by atoms with Crippen molar-refractivity contribution in [2.24, 2.45) is 0 Å². The van der Waals surface area contributed by atoms with Gasteiger partial charge >= 0.3 is 0 Å². The van der Waals surface area contributed by atoms with Crippen molar-refractivity contribution in [2.75, 3.05) is 5.73 Å². The fourth-order valence-corrected chi connectivity index (χ4v) is 2.71. The van der Waals surface area contributed by atoms with Gasteiger partial charge in [0.25, 0.3) is 0 Å². The van der Waals surface area contributed by atoms with E-state index in [1.165, 1.54) is 16.7 Å². The summed E-state index contributed by atoms with van der Waals surface area (Å²) in [7, 11) is 0. The summed E-state index contributed by atoms with van der Waals surface area (Å²) < 4.78 is 0.968. The molecule has 0 unspecified atom stereocenters. The number of halogens is 1. The molecule has 1 aliphatic heterocycles. The third kappa shape index (κ3) is 2.28. The smallest absolute Gasteiger partial charge is 0.0461 e. The molecular formula is C15H15BrN2. The summed E-state index contributed by atoms with van der Waals surface area (Å²) >= 11 is 3.43. The molecule has 2 aromatic rings. The number of benzene rings is 2. The molecule has 0 saturated heterocycles. The minimum absolute atomic E-state index is 0.809. The molecule has 0 spiro atoms. The predicted molar refractivity (Wildman–Crippen MR) is 77.9 cm³/mol. The zero-order chi connectivity index (χ0) is 12.5. The summed E-state index contributed by atoms with van der Waals surface area (Å²) in [6, 6.07) is 14.8. The molecule has 1 aliphatic rings. The number of rotatable bonds is 2. The Labute approximate surface area is 116 Å². The van der Waals surface area contributed by atoms with Crippen LogP contribution in [0.1, 0.15) is 16.7 Å². The Bertz CT molecular complexity index is 555. The van der Waals surface area contributed by atoms with Crippen molar-refractivity contribution >= 4 is 21.6 Å². The molecule has 0 fully saturated rings. The van der Waals surface area contributed by atoms with Crippen molar-refractivity contribution in [1.82, 2.24) is 4.90 Å². The molecule has 0 atom stereocenters. The highest BCUT2D eigenvalue weighted by Crippen LogP contribution is 2.26. The van der Waals surface area contributed by atoms with Crippen LogP contribution in [0, 0.1) is 0 Å². The van der Waals surface area contributed by atoms with Gasteiger partial charge in [0, 0.05) is 29.8 Å². The van der Waals surface area contributed by atoms with Gasteiger partial charge in [0.1, 0.15) is 0 Å². The molecule has 18 heavy (non-hydrogen) atoms. The summed E-state index contributed by atoms with van der Waals surface area (Å²) in [4.78, 5) is 2.44. The number of nitrogens with zero attached hydrogens (tertiary/aromatic N) is 1. The number of nitrogens with two attached hydrogens (primary N) is 1. The van der Waals surface area contributed by atoms with Crippen molar-refractivity contribution in [1.29, 1.82) is 0 Å². The maximum absolute atomic E-state index is 5.91. The van der Waals surface area contributed by atoms with Crippen LogP contribution in [0.5, 0.6) is 0 Å². The SMILES string of the molecule is Nc1cc(CN2Cc3ccccc3C2)ccc1Br. The molecular weight excluding hydrogens is 288 g/mol. The van der Waals surface area contributed by atoms with E-state index in [4.69, 9.17) is 5.73 Å². The van der Waals surface area contributed by atoms with Crippen LogP contribution in [0.25, 0.3) is 0 Å². The third-order valence-electron chi connectivity index (χ3n) is 3.37. The van der Waals surface area contributed by atoms with Crippen LogP contribution in [0.2, 0.25) is 0 Å². The van der Waals surface area contributed by atoms with E-state index >= 15 is 0 Å². The second kappa shape index (κ2) is 4.75. The van der Waals surface area contributed by atoms with Crippen molar-refractivity contribution in [3.05, 3.63) is 63.6 Å². The Kier molecular flexibility index (Phi) is 3.10. The summed E-state index contributed by atoms with van der Waals surface area (Å²) in [5.41, 5.74) is 10.9. The fourth-order valence-electron chi connectivity index (χ4n) is 2.47. The lowest BCUT2D eigenvalue weighted by Crippen LogP contribution is -2.15. The van der Waals surface area contributed by atoms with Crippen molar-refractivity contribution < 1.29 is 0 Å². The summed E-state index contributed by atoms with van der Waals surface area (Å²) in [6.45, 7) is 3.02. The van der Waals surface area contributed by atoms with Crippen LogP contribution in [0.4, 0.5) is 5.69 Å². The third-order valence-corrected chi connectivity index (χ3v) is 4.10. The zero-order valence-corrected chi connectivity index (χ0v) is 11.7. The first-order valence-electron chi connectivity index (χ1n) is 6.05. The molecule has 2 N–H and O–H groups in total. The van der Waals surface area contributed by atoms with Gasteiger partial charge in [0.15, 0.2) is 0 Å². The minimum Gasteiger partial charge on any atom is -0.398 e. The summed E-state index contributed by atoms with van der Waals surface area (Å²) in [6.07, 6.45) is 0. The van der Waals surface area contributed by atoms with Crippen molar-refractivity contribution in [3.63, 3.8) is 0 Å². The van der Waals surface area contributed by atoms with E-state index in [2.05, 4.69) is 51.2 Å². The lowest BCUT2D eigenvalue weighted by molar-refractivity contribution is 0.275. The molecule has 2 nitrogen and oxygen atoms in total. The molecule has 0 aromatic heterocycles. The first kappa shape index (κ1) is 11.8. The van der Waals surface area contributed by atoms with E-state index < -0.39 is 0 Å². The van der Waals surface area contributed by atoms with Gasteiger partial charge in [-0.15, -0.1) is 0 Å². The van der Waals surface area contributed by atoms with Gasteiger partial charge in [0.05, 0.1) is 0 Å². The van der Waals surface area contributed by atoms with Gasteiger partial charge in [-0.1, -0.05) is 30.3 Å². The van der Waals surface area contributed by atoms with Crippen LogP contribution >= 0.6 is 15.9 Å². The van der Waals surface area contributed by atoms with Gasteiger partial charge in [-0.05, 0) is 44.8 Å². The molecule has 0 bridgehead atoms. The maximum Gasteiger partial charge on any atom is 0.0461 e. The number of hydrogen-bond acceptors (Lipinski definition) is 2. The molecule has 1 heterocycles. The van der Waals surface area contributed by atoms with Gasteiger partial charge in [-0.2, -0.15) is 0 Å². The Hall–Kier alpha value is -1.32. The Balaban J connectivity index is 1.74. The van der Waals surface area contributed by atoms with E-state index in [0.29, 0.717) is 0 Å². The normalized spacial score (nSPS) is 14.7. The first-order valence-corrected chi connectivity index (χ1v) is 6.85. The minimum atomic E-state index is 0.809. The zero-order valence-electron chi connectivity index (χ0n) is 10.1. The standard InChI is InChI=1S/C15H15BrN2/c16-14-6-5-11(7-15(14)17)8-18-9-12-3-1-2-4-13(12)10-18/h1-7H,8-10,17H2. The quantitative estimate of drug-likeness (QED) is 0.860. The molecule has 92 valence electrons. The molecule has 3 heteroatoms. The maximum atomic E-state index is 5.91. The average molecular weight is 303 g/mol. The molecule has 0 radical (unpaired) electrons. The molecule has 3 rings (SSSR count). The molecule has 0 aliphatic carbocycles. The number of anilines is 1. The van der Waals surface area contributed by atoms with Gasteiger partial charge in [0.2, 0.25) is 0 Å². The van der Waals surface area contributed by atoms with E-state index in [1.807, 2.05) is 12.1 Å². The summed E-state index contributed by atoms with van der Waals surface area (Å²) in [5.74, 6) is 0. The largest absolute Gasteiger partial charge is 0.398 e. The highest BCUT2D eigenvalue weighted by Gasteiger charge is 2.18. The average Bonchev–Trinajstić information content (AvgIpc) is 2.76. The molecule has 0 amide bonds. The van der Waals surface area contributed by atoms with Crippen LogP contribution in [-0.4, -0.2) is 4.90 Å². The van der Waals surface area contributed by atoms with Gasteiger partial charge < -0.3 is 5.73 Å². The highest BCUT2D eigenvalue weighted by molar-refractivity contribution is 9.10. The van der Waals surface area contributed by atoms with E-state index in [1.54, 1.807) is 0 Å². The van der Waals surface area contributed by atoms with E-state index in [0.717, 1.165) is 29.8 Å². The number of nitrogen functional groups attached to an aromatic ring is 1. The number of hydrogen-bond donors (Lipinski definition) is 1. The Morgan fingerprint density at radius 1 is 1.06 bits per heavy atom. The first-order chi connectivity index (χ1) is 8.72. The fraction of sp³-hybridized carbons (Fsp3) is 0.200. The Morgan fingerprint density at radius 3 is 2.33 bits per heavy atom. The monoisotopic (exact) mass is 302 g/mol. The van der Waals surface area contributed by atoms with E-state index in [-0.39, 0.29) is 0 Å². The molecule has 0 saturated carbocycles. The van der Waals surface area contributed by atoms with Crippen molar-refractivity contribution in [3.8, 4) is 0 Å².